The maximum Gasteiger partial charge on any atom is 0.123 e. The average molecular weight is 259 g/mol. The zero-order chi connectivity index (χ0) is 13.3. The van der Waals surface area contributed by atoms with Gasteiger partial charge in [-0.05, 0) is 25.0 Å². The largest absolute Gasteiger partial charge is 0.394 e. The van der Waals surface area contributed by atoms with Gasteiger partial charge < -0.3 is 15.0 Å². The van der Waals surface area contributed by atoms with Gasteiger partial charge in [0.05, 0.1) is 24.2 Å². The molecule has 1 fully saturated rings. The second-order valence-electron chi connectivity index (χ2n) is 5.57. The van der Waals surface area contributed by atoms with Gasteiger partial charge in [-0.1, -0.05) is 25.0 Å². The molecule has 0 amide bonds. The molecule has 1 saturated carbocycles. The summed E-state index contributed by atoms with van der Waals surface area (Å²) in [5, 5.41) is 13.1. The molecule has 0 unspecified atom stereocenters. The van der Waals surface area contributed by atoms with Crippen LogP contribution in [0.2, 0.25) is 0 Å². The van der Waals surface area contributed by atoms with Gasteiger partial charge in [0, 0.05) is 12.6 Å². The summed E-state index contributed by atoms with van der Waals surface area (Å²) in [5.41, 5.74) is 2.10. The normalized spacial score (nSPS) is 18.2. The predicted molar refractivity (Wildman–Crippen MR) is 75.8 cm³/mol. The van der Waals surface area contributed by atoms with Gasteiger partial charge >= 0.3 is 0 Å². The van der Waals surface area contributed by atoms with Gasteiger partial charge in [0.25, 0.3) is 0 Å². The van der Waals surface area contributed by atoms with E-state index >= 15 is 0 Å². The van der Waals surface area contributed by atoms with Crippen LogP contribution in [0.15, 0.2) is 24.3 Å². The van der Waals surface area contributed by atoms with Crippen LogP contribution in [0.25, 0.3) is 11.0 Å². The SMILES string of the molecule is Cn1c(CNC2(CO)CCCC2)nc2ccccc21. The number of aliphatic hydroxyl groups excluding tert-OH is 1. The molecule has 19 heavy (non-hydrogen) atoms. The molecule has 1 aliphatic carbocycles. The number of nitrogens with zero attached hydrogens (tertiary/aromatic N) is 2. The van der Waals surface area contributed by atoms with Gasteiger partial charge in [-0.3, -0.25) is 0 Å². The maximum atomic E-state index is 9.61. The van der Waals surface area contributed by atoms with E-state index in [0.717, 1.165) is 29.7 Å². The number of aromatic nitrogens is 2. The fraction of sp³-hybridized carbons (Fsp3) is 0.533. The molecule has 3 rings (SSSR count). The van der Waals surface area contributed by atoms with Crippen LogP contribution in [0.3, 0.4) is 0 Å². The van der Waals surface area contributed by atoms with Crippen LogP contribution in [-0.4, -0.2) is 26.8 Å². The van der Waals surface area contributed by atoms with Crippen molar-refractivity contribution in [3.05, 3.63) is 30.1 Å². The number of aliphatic hydroxyl groups is 1. The van der Waals surface area contributed by atoms with Crippen molar-refractivity contribution in [2.24, 2.45) is 7.05 Å². The third-order valence-electron chi connectivity index (χ3n) is 4.36. The van der Waals surface area contributed by atoms with E-state index in [9.17, 15) is 5.11 Å². The number of aryl methyl sites for hydroxylation is 1. The first kappa shape index (κ1) is 12.6. The smallest absolute Gasteiger partial charge is 0.123 e. The zero-order valence-corrected chi connectivity index (χ0v) is 11.4. The molecule has 102 valence electrons. The first-order valence-electron chi connectivity index (χ1n) is 7.00. The molecular weight excluding hydrogens is 238 g/mol. The summed E-state index contributed by atoms with van der Waals surface area (Å²) in [7, 11) is 2.05. The van der Waals surface area contributed by atoms with E-state index in [0.29, 0.717) is 6.54 Å². The van der Waals surface area contributed by atoms with Crippen molar-refractivity contribution in [3.63, 3.8) is 0 Å². The molecule has 0 saturated heterocycles. The van der Waals surface area contributed by atoms with Crippen LogP contribution in [0.5, 0.6) is 0 Å². The highest BCUT2D eigenvalue weighted by molar-refractivity contribution is 5.75. The lowest BCUT2D eigenvalue weighted by atomic mass is 9.99. The fourth-order valence-electron chi connectivity index (χ4n) is 3.06. The fourth-order valence-corrected chi connectivity index (χ4v) is 3.06. The van der Waals surface area contributed by atoms with Crippen molar-refractivity contribution in [1.82, 2.24) is 14.9 Å². The molecule has 1 aromatic heterocycles. The first-order chi connectivity index (χ1) is 9.24. The van der Waals surface area contributed by atoms with Gasteiger partial charge in [-0.15, -0.1) is 0 Å². The topological polar surface area (TPSA) is 50.1 Å². The Morgan fingerprint density at radius 2 is 2.05 bits per heavy atom. The minimum absolute atomic E-state index is 0.0852. The molecule has 2 N–H and O–H groups in total. The summed E-state index contributed by atoms with van der Waals surface area (Å²) in [6.45, 7) is 0.933. The van der Waals surface area contributed by atoms with Crippen molar-refractivity contribution < 1.29 is 5.11 Å². The molecule has 1 aliphatic rings. The van der Waals surface area contributed by atoms with Crippen LogP contribution >= 0.6 is 0 Å². The Balaban J connectivity index is 1.80. The minimum Gasteiger partial charge on any atom is -0.394 e. The molecule has 2 aromatic rings. The Labute approximate surface area is 113 Å². The molecule has 1 heterocycles. The van der Waals surface area contributed by atoms with Crippen LogP contribution in [-0.2, 0) is 13.6 Å². The second kappa shape index (κ2) is 4.94. The summed E-state index contributed by atoms with van der Waals surface area (Å²) >= 11 is 0. The van der Waals surface area contributed by atoms with E-state index in [-0.39, 0.29) is 12.1 Å². The number of imidazole rings is 1. The lowest BCUT2D eigenvalue weighted by Gasteiger charge is -2.27. The standard InChI is InChI=1S/C15H21N3O/c1-18-13-7-3-2-6-12(13)17-14(18)10-16-15(11-19)8-4-5-9-15/h2-3,6-7,16,19H,4-5,8-11H2,1H3. The molecule has 0 spiro atoms. The Hall–Kier alpha value is -1.39. The molecule has 4 nitrogen and oxygen atoms in total. The summed E-state index contributed by atoms with van der Waals surface area (Å²) in [6, 6.07) is 8.17. The molecule has 0 aliphatic heterocycles. The van der Waals surface area contributed by atoms with Crippen molar-refractivity contribution in [1.29, 1.82) is 0 Å². The van der Waals surface area contributed by atoms with E-state index in [1.807, 2.05) is 25.2 Å². The lowest BCUT2D eigenvalue weighted by molar-refractivity contribution is 0.162. The van der Waals surface area contributed by atoms with Crippen LogP contribution < -0.4 is 5.32 Å². The quantitative estimate of drug-likeness (QED) is 0.882. The van der Waals surface area contributed by atoms with Gasteiger partial charge in [-0.25, -0.2) is 4.98 Å². The first-order valence-corrected chi connectivity index (χ1v) is 7.00. The third-order valence-corrected chi connectivity index (χ3v) is 4.36. The van der Waals surface area contributed by atoms with E-state index in [1.165, 1.54) is 12.8 Å². The number of fused-ring (bicyclic) bond motifs is 1. The maximum absolute atomic E-state index is 9.61. The summed E-state index contributed by atoms with van der Waals surface area (Å²) < 4.78 is 2.13. The zero-order valence-electron chi connectivity index (χ0n) is 11.4. The number of benzene rings is 1. The van der Waals surface area contributed by atoms with Gasteiger partial charge in [-0.2, -0.15) is 0 Å². The molecule has 0 atom stereocenters. The Bertz CT molecular complexity index is 570. The highest BCUT2D eigenvalue weighted by atomic mass is 16.3. The molecule has 4 heteroatoms. The predicted octanol–water partition coefficient (Wildman–Crippen LogP) is 1.97. The van der Waals surface area contributed by atoms with Crippen molar-refractivity contribution >= 4 is 11.0 Å². The minimum atomic E-state index is -0.0852. The van der Waals surface area contributed by atoms with Crippen LogP contribution in [0.1, 0.15) is 31.5 Å². The number of nitrogens with one attached hydrogen (secondary N) is 1. The lowest BCUT2D eigenvalue weighted by Crippen LogP contribution is -2.45. The van der Waals surface area contributed by atoms with Gasteiger partial charge in [0.1, 0.15) is 5.82 Å². The van der Waals surface area contributed by atoms with Crippen molar-refractivity contribution in [2.75, 3.05) is 6.61 Å². The Morgan fingerprint density at radius 1 is 1.32 bits per heavy atom. The highest BCUT2D eigenvalue weighted by Crippen LogP contribution is 2.29. The second-order valence-corrected chi connectivity index (χ2v) is 5.57. The van der Waals surface area contributed by atoms with Crippen LogP contribution in [0.4, 0.5) is 0 Å². The van der Waals surface area contributed by atoms with Gasteiger partial charge in [0.15, 0.2) is 0 Å². The van der Waals surface area contributed by atoms with E-state index < -0.39 is 0 Å². The number of para-hydroxylation sites is 2. The van der Waals surface area contributed by atoms with E-state index in [4.69, 9.17) is 0 Å². The number of hydrogen-bond donors (Lipinski definition) is 2. The number of hydrogen-bond acceptors (Lipinski definition) is 3. The average Bonchev–Trinajstić information content (AvgIpc) is 3.03. The molecular formula is C15H21N3O. The summed E-state index contributed by atoms with van der Waals surface area (Å²) in [4.78, 5) is 4.66. The van der Waals surface area contributed by atoms with Crippen molar-refractivity contribution in [3.8, 4) is 0 Å². The highest BCUT2D eigenvalue weighted by Gasteiger charge is 2.32. The molecule has 0 radical (unpaired) electrons. The molecule has 0 bridgehead atoms. The molecule has 1 aromatic carbocycles. The van der Waals surface area contributed by atoms with E-state index in [2.05, 4.69) is 20.9 Å². The summed E-state index contributed by atoms with van der Waals surface area (Å²) in [6.07, 6.45) is 4.53. The van der Waals surface area contributed by atoms with Gasteiger partial charge in [0.2, 0.25) is 0 Å². The number of rotatable bonds is 4. The Morgan fingerprint density at radius 3 is 2.74 bits per heavy atom. The Kier molecular flexibility index (Phi) is 3.29. The third kappa shape index (κ3) is 2.26. The van der Waals surface area contributed by atoms with Crippen molar-refractivity contribution in [2.45, 2.75) is 37.8 Å². The van der Waals surface area contributed by atoms with E-state index in [1.54, 1.807) is 0 Å². The summed E-state index contributed by atoms with van der Waals surface area (Å²) in [5.74, 6) is 1.03. The monoisotopic (exact) mass is 259 g/mol. The van der Waals surface area contributed by atoms with Crippen LogP contribution in [0, 0.1) is 0 Å².